The second kappa shape index (κ2) is 2.49. The van der Waals surface area contributed by atoms with E-state index in [9.17, 15) is 0 Å². The van der Waals surface area contributed by atoms with Crippen molar-refractivity contribution in [1.82, 2.24) is 0 Å². The summed E-state index contributed by atoms with van der Waals surface area (Å²) in [7, 11) is 0. The topological polar surface area (TPSA) is 0 Å². The van der Waals surface area contributed by atoms with Gasteiger partial charge in [-0.05, 0) is 30.6 Å². The lowest BCUT2D eigenvalue weighted by molar-refractivity contribution is 0.242. The summed E-state index contributed by atoms with van der Waals surface area (Å²) < 4.78 is 1.55. The van der Waals surface area contributed by atoms with Gasteiger partial charge in [-0.2, -0.15) is 0 Å². The first kappa shape index (κ1) is 9.03. The van der Waals surface area contributed by atoms with Crippen LogP contribution in [0.2, 0.25) is 0 Å². The molecule has 2 saturated carbocycles. The molecule has 2 fully saturated rings. The first-order valence-corrected chi connectivity index (χ1v) is 6.62. The molecule has 0 aromatic carbocycles. The van der Waals surface area contributed by atoms with Crippen molar-refractivity contribution < 1.29 is 0 Å². The molecule has 0 nitrogen and oxygen atoms in total. The average molecular weight is 376 g/mol. The molecule has 2 bridgehead atoms. The van der Waals surface area contributed by atoms with Crippen LogP contribution in [0.1, 0.15) is 33.1 Å². The molecule has 2 aliphatic carbocycles. The molecule has 0 aromatic rings. The number of hydrogen-bond donors (Lipinski definition) is 0. The summed E-state index contributed by atoms with van der Waals surface area (Å²) in [6.45, 7) is 4.91. The van der Waals surface area contributed by atoms with Gasteiger partial charge in [0.05, 0.1) is 0 Å². The van der Waals surface area contributed by atoms with E-state index in [0.29, 0.717) is 8.84 Å². The van der Waals surface area contributed by atoms with E-state index in [1.165, 1.54) is 19.3 Å². The Labute approximate surface area is 96.2 Å². The average Bonchev–Trinajstić information content (AvgIpc) is 2.36. The molecule has 0 aliphatic heterocycles. The summed E-state index contributed by atoms with van der Waals surface area (Å²) in [5, 5.41) is 0. The zero-order chi connectivity index (χ0) is 8.28. The van der Waals surface area contributed by atoms with Crippen molar-refractivity contribution in [1.29, 1.82) is 0 Å². The van der Waals surface area contributed by atoms with E-state index in [1.807, 2.05) is 0 Å². The molecule has 11 heavy (non-hydrogen) atoms. The highest BCUT2D eigenvalue weighted by molar-refractivity contribution is 14.1. The molecule has 0 aromatic heterocycles. The third-order valence-electron chi connectivity index (χ3n) is 3.65. The van der Waals surface area contributed by atoms with Crippen LogP contribution in [0.15, 0.2) is 0 Å². The number of rotatable bonds is 0. The second-order valence-electron chi connectivity index (χ2n) is 4.66. The van der Waals surface area contributed by atoms with E-state index in [4.69, 9.17) is 0 Å². The summed E-state index contributed by atoms with van der Waals surface area (Å²) in [4.78, 5) is 0. The zero-order valence-corrected chi connectivity index (χ0v) is 11.3. The Kier molecular flexibility index (Phi) is 2.04. The van der Waals surface area contributed by atoms with Crippen LogP contribution in [0.25, 0.3) is 0 Å². The van der Waals surface area contributed by atoms with E-state index < -0.39 is 0 Å². The Bertz CT molecular complexity index is 183. The zero-order valence-electron chi connectivity index (χ0n) is 7.03. The van der Waals surface area contributed by atoms with Crippen LogP contribution < -0.4 is 0 Å². The number of hydrogen-bond acceptors (Lipinski definition) is 0. The van der Waals surface area contributed by atoms with Gasteiger partial charge in [-0.15, -0.1) is 0 Å². The van der Waals surface area contributed by atoms with E-state index >= 15 is 0 Å². The van der Waals surface area contributed by atoms with E-state index in [-0.39, 0.29) is 0 Å². The molecule has 0 N–H and O–H groups in total. The van der Waals surface area contributed by atoms with Crippen molar-refractivity contribution in [3.63, 3.8) is 0 Å². The molecule has 0 amide bonds. The van der Waals surface area contributed by atoms with Gasteiger partial charge < -0.3 is 0 Å². The molecular formula is C9H14I2. The molecule has 64 valence electrons. The molecule has 3 atom stereocenters. The van der Waals surface area contributed by atoms with Gasteiger partial charge in [0.2, 0.25) is 0 Å². The van der Waals surface area contributed by atoms with Crippen LogP contribution in [-0.4, -0.2) is 7.35 Å². The van der Waals surface area contributed by atoms with Gasteiger partial charge in [-0.25, -0.2) is 0 Å². The van der Waals surface area contributed by atoms with Gasteiger partial charge >= 0.3 is 0 Å². The minimum Gasteiger partial charge on any atom is -0.0806 e. The SMILES string of the molecule is CC1(C)[C@@H]2CC[C@@](I)(C2)[C@@H]1I. The Morgan fingerprint density at radius 2 is 2.00 bits per heavy atom. The lowest BCUT2D eigenvalue weighted by Gasteiger charge is -2.38. The molecule has 0 heterocycles. The molecule has 0 radical (unpaired) electrons. The third-order valence-corrected chi connectivity index (χ3v) is 9.25. The predicted octanol–water partition coefficient (Wildman–Crippen LogP) is 3.80. The van der Waals surface area contributed by atoms with Crippen molar-refractivity contribution in [2.75, 3.05) is 0 Å². The fourth-order valence-corrected chi connectivity index (χ4v) is 5.49. The third kappa shape index (κ3) is 1.11. The normalized spacial score (nSPS) is 53.5. The fraction of sp³-hybridized carbons (Fsp3) is 1.00. The Hall–Kier alpha value is 1.46. The van der Waals surface area contributed by atoms with E-state index in [0.717, 1.165) is 9.84 Å². The van der Waals surface area contributed by atoms with Crippen LogP contribution in [0.4, 0.5) is 0 Å². The first-order valence-electron chi connectivity index (χ1n) is 4.30. The summed E-state index contributed by atoms with van der Waals surface area (Å²) in [6.07, 6.45) is 4.43. The van der Waals surface area contributed by atoms with E-state index in [2.05, 4.69) is 59.0 Å². The Morgan fingerprint density at radius 1 is 1.36 bits per heavy atom. The summed E-state index contributed by atoms with van der Waals surface area (Å²) in [5.74, 6) is 1.02. The Morgan fingerprint density at radius 3 is 2.27 bits per heavy atom. The summed E-state index contributed by atoms with van der Waals surface area (Å²) in [6, 6.07) is 0. The van der Waals surface area contributed by atoms with Crippen LogP contribution in [0.3, 0.4) is 0 Å². The van der Waals surface area contributed by atoms with Gasteiger partial charge in [-0.1, -0.05) is 59.0 Å². The fourth-order valence-electron chi connectivity index (χ4n) is 2.77. The molecule has 2 aliphatic rings. The van der Waals surface area contributed by atoms with Crippen LogP contribution in [0.5, 0.6) is 0 Å². The van der Waals surface area contributed by atoms with Gasteiger partial charge in [-0.3, -0.25) is 0 Å². The van der Waals surface area contributed by atoms with Crippen LogP contribution in [-0.2, 0) is 0 Å². The standard InChI is InChI=1S/C9H14I2/c1-8(2)6-3-4-9(11,5-6)7(8)10/h6-7H,3-5H2,1-2H3/t6-,7-,9-/m1/s1. The highest BCUT2D eigenvalue weighted by Crippen LogP contribution is 2.64. The molecule has 2 heteroatoms. The van der Waals surface area contributed by atoms with Crippen molar-refractivity contribution in [3.05, 3.63) is 0 Å². The van der Waals surface area contributed by atoms with Crippen LogP contribution >= 0.6 is 45.2 Å². The molecule has 0 spiro atoms. The van der Waals surface area contributed by atoms with Crippen LogP contribution in [0, 0.1) is 11.3 Å². The van der Waals surface area contributed by atoms with Crippen molar-refractivity contribution in [3.8, 4) is 0 Å². The predicted molar refractivity (Wildman–Crippen MR) is 65.7 cm³/mol. The minimum atomic E-state index is 0.611. The van der Waals surface area contributed by atoms with Gasteiger partial charge in [0, 0.05) is 7.35 Å². The maximum Gasteiger partial charge on any atom is 0.0348 e. The van der Waals surface area contributed by atoms with Gasteiger partial charge in [0.15, 0.2) is 0 Å². The quantitative estimate of drug-likeness (QED) is 0.446. The number of fused-ring (bicyclic) bond motifs is 2. The minimum absolute atomic E-state index is 0.611. The highest BCUT2D eigenvalue weighted by atomic mass is 127. The lowest BCUT2D eigenvalue weighted by Crippen LogP contribution is -2.37. The maximum atomic E-state index is 2.71. The van der Waals surface area contributed by atoms with E-state index in [1.54, 1.807) is 0 Å². The lowest BCUT2D eigenvalue weighted by atomic mass is 9.77. The van der Waals surface area contributed by atoms with Gasteiger partial charge in [0.25, 0.3) is 0 Å². The van der Waals surface area contributed by atoms with Gasteiger partial charge in [0.1, 0.15) is 0 Å². The van der Waals surface area contributed by atoms with Crippen molar-refractivity contribution in [2.24, 2.45) is 11.3 Å². The number of halogens is 2. The summed E-state index contributed by atoms with van der Waals surface area (Å²) >= 11 is 5.39. The van der Waals surface area contributed by atoms with Crippen molar-refractivity contribution >= 4 is 45.2 Å². The maximum absolute atomic E-state index is 2.71. The number of alkyl halides is 2. The van der Waals surface area contributed by atoms with Crippen molar-refractivity contribution in [2.45, 2.75) is 40.5 Å². The molecule has 0 saturated heterocycles. The molecular weight excluding hydrogens is 362 g/mol. The smallest absolute Gasteiger partial charge is 0.0348 e. The first-order chi connectivity index (χ1) is 4.97. The largest absolute Gasteiger partial charge is 0.0806 e. The second-order valence-corrected chi connectivity index (χ2v) is 8.05. The Balaban J connectivity index is 2.34. The molecule has 0 unspecified atom stereocenters. The summed E-state index contributed by atoms with van der Waals surface area (Å²) in [5.41, 5.74) is 0.611. The molecule has 2 rings (SSSR count). The monoisotopic (exact) mass is 376 g/mol. The highest BCUT2D eigenvalue weighted by Gasteiger charge is 2.59.